The van der Waals surface area contributed by atoms with Crippen LogP contribution in [0.25, 0.3) is 22.5 Å². The number of nitrogens with zero attached hydrogens (tertiary/aromatic N) is 6. The van der Waals surface area contributed by atoms with Gasteiger partial charge in [0, 0.05) is 24.8 Å². The molecule has 0 spiro atoms. The van der Waals surface area contributed by atoms with Gasteiger partial charge in [0.15, 0.2) is 5.82 Å². The number of nitrogens with one attached hydrogen (secondary N) is 1. The first kappa shape index (κ1) is 27.1. The summed E-state index contributed by atoms with van der Waals surface area (Å²) in [5.74, 6) is 1.62. The van der Waals surface area contributed by atoms with Crippen LogP contribution in [0.15, 0.2) is 48.5 Å². The molecule has 1 N–H and O–H groups in total. The molecule has 2 unspecified atom stereocenters. The van der Waals surface area contributed by atoms with Gasteiger partial charge < -0.3 is 4.57 Å². The van der Waals surface area contributed by atoms with Crippen molar-refractivity contribution in [2.75, 3.05) is 0 Å². The van der Waals surface area contributed by atoms with Crippen LogP contribution < -0.4 is 0 Å². The van der Waals surface area contributed by atoms with E-state index < -0.39 is 0 Å². The minimum absolute atomic E-state index is 0.0484. The molecule has 2 aliphatic heterocycles. The predicted molar refractivity (Wildman–Crippen MR) is 156 cm³/mol. The van der Waals surface area contributed by atoms with Gasteiger partial charge in [0.25, 0.3) is 0 Å². The van der Waals surface area contributed by atoms with E-state index >= 15 is 0 Å². The second-order valence-corrected chi connectivity index (χ2v) is 11.1. The molecule has 2 aromatic heterocycles. The summed E-state index contributed by atoms with van der Waals surface area (Å²) < 4.78 is 2.40. The molecular formula is C32H37N7O2. The van der Waals surface area contributed by atoms with Gasteiger partial charge in [-0.15, -0.1) is 5.10 Å². The summed E-state index contributed by atoms with van der Waals surface area (Å²) in [7, 11) is 0. The maximum absolute atomic E-state index is 12.9. The number of rotatable bonds is 10. The van der Waals surface area contributed by atoms with Crippen LogP contribution in [0.2, 0.25) is 0 Å². The van der Waals surface area contributed by atoms with Crippen LogP contribution in [0.4, 0.5) is 0 Å². The van der Waals surface area contributed by atoms with Crippen molar-refractivity contribution in [1.29, 1.82) is 0 Å². The molecule has 0 aliphatic carbocycles. The summed E-state index contributed by atoms with van der Waals surface area (Å²) in [4.78, 5) is 32.6. The summed E-state index contributed by atoms with van der Waals surface area (Å²) in [6.07, 6.45) is 8.21. The number of imidazole rings is 1. The zero-order valence-corrected chi connectivity index (χ0v) is 23.8. The number of unbranched alkanes of at least 4 members (excludes halogenated alkanes) is 2. The van der Waals surface area contributed by atoms with E-state index in [9.17, 15) is 9.59 Å². The second kappa shape index (κ2) is 11.8. The quantitative estimate of drug-likeness (QED) is 0.243. The number of imide groups is 1. The number of likely N-dealkylation sites (tertiary alicyclic amines) is 1. The van der Waals surface area contributed by atoms with Crippen LogP contribution in [-0.4, -0.2) is 46.9 Å². The number of tetrazole rings is 1. The van der Waals surface area contributed by atoms with Gasteiger partial charge in [-0.2, -0.15) is 0 Å². The fourth-order valence-electron chi connectivity index (χ4n) is 6.47. The number of H-pyrrole nitrogens is 1. The lowest BCUT2D eigenvalue weighted by molar-refractivity contribution is -0.142. The number of aromatic amines is 1. The Labute approximate surface area is 240 Å². The number of aryl methyl sites for hydroxylation is 2. The molecular weight excluding hydrogens is 514 g/mol. The summed E-state index contributed by atoms with van der Waals surface area (Å²) in [6, 6.07) is 16.7. The van der Waals surface area contributed by atoms with Gasteiger partial charge in [0.1, 0.15) is 5.82 Å². The smallest absolute Gasteiger partial charge is 0.230 e. The van der Waals surface area contributed by atoms with Crippen LogP contribution >= 0.6 is 0 Å². The maximum Gasteiger partial charge on any atom is 0.230 e. The van der Waals surface area contributed by atoms with Crippen LogP contribution in [0.5, 0.6) is 0 Å². The third kappa shape index (κ3) is 5.09. The summed E-state index contributed by atoms with van der Waals surface area (Å²) in [6.45, 7) is 4.39. The van der Waals surface area contributed by atoms with Gasteiger partial charge in [-0.05, 0) is 59.2 Å². The first-order chi connectivity index (χ1) is 20.1. The van der Waals surface area contributed by atoms with Crippen molar-refractivity contribution in [3.8, 4) is 22.5 Å². The van der Waals surface area contributed by atoms with Crippen LogP contribution in [-0.2, 0) is 22.4 Å². The molecule has 2 atom stereocenters. The Hall–Kier alpha value is -4.14. The number of hydrogen-bond acceptors (Lipinski definition) is 6. The highest BCUT2D eigenvalue weighted by atomic mass is 16.2. The molecule has 0 saturated carbocycles. The van der Waals surface area contributed by atoms with Crippen LogP contribution in [0.1, 0.15) is 100 Å². The fraction of sp³-hybridized carbons (Fsp3) is 0.438. The normalized spacial score (nSPS) is 18.7. The fourth-order valence-corrected chi connectivity index (χ4v) is 6.47. The molecule has 1 fully saturated rings. The lowest BCUT2D eigenvalue weighted by atomic mass is 9.89. The van der Waals surface area contributed by atoms with E-state index in [0.717, 1.165) is 85.3 Å². The van der Waals surface area contributed by atoms with E-state index in [0.29, 0.717) is 18.7 Å². The van der Waals surface area contributed by atoms with Crippen LogP contribution in [0.3, 0.4) is 0 Å². The molecule has 2 amide bonds. The number of amides is 2. The molecule has 212 valence electrons. The topological polar surface area (TPSA) is 110 Å². The Kier molecular flexibility index (Phi) is 7.76. The van der Waals surface area contributed by atoms with Gasteiger partial charge in [-0.1, -0.05) is 75.2 Å². The molecule has 2 aromatic carbocycles. The maximum atomic E-state index is 12.9. The highest BCUT2D eigenvalue weighted by molar-refractivity contribution is 6.02. The minimum Gasteiger partial charge on any atom is -0.322 e. The van der Waals surface area contributed by atoms with Gasteiger partial charge >= 0.3 is 0 Å². The van der Waals surface area contributed by atoms with Crippen molar-refractivity contribution < 1.29 is 9.59 Å². The lowest BCUT2D eigenvalue weighted by Crippen LogP contribution is -2.38. The van der Waals surface area contributed by atoms with Crippen molar-refractivity contribution in [1.82, 2.24) is 35.1 Å². The van der Waals surface area contributed by atoms with Crippen molar-refractivity contribution in [2.24, 2.45) is 0 Å². The molecule has 41 heavy (non-hydrogen) atoms. The van der Waals surface area contributed by atoms with Gasteiger partial charge in [-0.3, -0.25) is 14.5 Å². The SMILES string of the molecule is CCCCc1nc(CCCC)n2c1C(N1C(=O)CCC1=O)CCC2c1ccc(-c2ccccc2-c2nnn[nH]2)cc1. The number of carbonyl (C=O) groups excluding carboxylic acids is 2. The molecule has 6 rings (SSSR count). The standard InChI is InChI=1S/C32H37N7O2/c1-3-5-11-25-31-27(39-29(40)19-20-30(39)41)18-17-26(38(31)28(33-25)12-6-4-2)22-15-13-21(14-16-22)23-9-7-8-10-24(23)32-34-36-37-35-32/h7-10,13-16,26-27H,3-6,11-12,17-20H2,1-2H3,(H,34,35,36,37). The Balaban J connectivity index is 1.41. The van der Waals surface area contributed by atoms with E-state index in [-0.39, 0.29) is 23.9 Å². The monoisotopic (exact) mass is 551 g/mol. The Bertz CT molecular complexity index is 1510. The molecule has 9 heteroatoms. The minimum atomic E-state index is -0.231. The van der Waals surface area contributed by atoms with Crippen molar-refractivity contribution in [3.05, 3.63) is 71.3 Å². The average molecular weight is 552 g/mol. The Morgan fingerprint density at radius 2 is 1.54 bits per heavy atom. The summed E-state index contributed by atoms with van der Waals surface area (Å²) in [5, 5.41) is 14.5. The zero-order chi connectivity index (χ0) is 28.3. The van der Waals surface area contributed by atoms with E-state index in [4.69, 9.17) is 4.98 Å². The highest BCUT2D eigenvalue weighted by Gasteiger charge is 2.42. The molecule has 4 heterocycles. The van der Waals surface area contributed by atoms with Gasteiger partial charge in [0.2, 0.25) is 11.8 Å². The molecule has 4 aromatic rings. The van der Waals surface area contributed by atoms with Crippen molar-refractivity contribution >= 4 is 11.8 Å². The Morgan fingerprint density at radius 1 is 0.854 bits per heavy atom. The molecule has 9 nitrogen and oxygen atoms in total. The average Bonchev–Trinajstić information content (AvgIpc) is 3.75. The number of hydrogen-bond donors (Lipinski definition) is 1. The second-order valence-electron chi connectivity index (χ2n) is 11.1. The van der Waals surface area contributed by atoms with E-state index in [2.05, 4.69) is 69.4 Å². The lowest BCUT2D eigenvalue weighted by Gasteiger charge is -2.37. The molecule has 1 saturated heterocycles. The largest absolute Gasteiger partial charge is 0.322 e. The third-order valence-electron chi connectivity index (χ3n) is 8.49. The van der Waals surface area contributed by atoms with E-state index in [1.54, 1.807) is 4.90 Å². The first-order valence-corrected chi connectivity index (χ1v) is 15.0. The molecule has 2 aliphatic rings. The van der Waals surface area contributed by atoms with Crippen LogP contribution in [0, 0.1) is 0 Å². The first-order valence-electron chi connectivity index (χ1n) is 15.0. The van der Waals surface area contributed by atoms with Crippen molar-refractivity contribution in [2.45, 2.75) is 90.1 Å². The van der Waals surface area contributed by atoms with Gasteiger partial charge in [-0.25, -0.2) is 10.1 Å². The highest BCUT2D eigenvalue weighted by Crippen LogP contribution is 2.44. The zero-order valence-electron chi connectivity index (χ0n) is 23.8. The number of carbonyl (C=O) groups is 2. The van der Waals surface area contributed by atoms with E-state index in [1.165, 1.54) is 5.56 Å². The Morgan fingerprint density at radius 3 is 2.22 bits per heavy atom. The molecule has 0 bridgehead atoms. The predicted octanol–water partition coefficient (Wildman–Crippen LogP) is 5.99. The summed E-state index contributed by atoms with van der Waals surface area (Å²) >= 11 is 0. The van der Waals surface area contributed by atoms with Crippen molar-refractivity contribution in [3.63, 3.8) is 0 Å². The summed E-state index contributed by atoms with van der Waals surface area (Å²) in [5.41, 5.74) is 6.45. The third-order valence-corrected chi connectivity index (χ3v) is 8.49. The van der Waals surface area contributed by atoms with E-state index in [1.807, 2.05) is 18.2 Å². The number of benzene rings is 2. The number of aromatic nitrogens is 6. The van der Waals surface area contributed by atoms with Gasteiger partial charge in [0.05, 0.1) is 23.5 Å². The molecule has 0 radical (unpaired) electrons. The number of fused-ring (bicyclic) bond motifs is 1.